The Labute approximate surface area is 168 Å². The summed E-state index contributed by atoms with van der Waals surface area (Å²) in [4.78, 5) is 29.4. The van der Waals surface area contributed by atoms with Crippen LogP contribution in [-0.4, -0.2) is 58.5 Å². The van der Waals surface area contributed by atoms with Gasteiger partial charge in [-0.25, -0.2) is 9.97 Å². The molecule has 1 aliphatic rings. The van der Waals surface area contributed by atoms with Gasteiger partial charge in [-0.3, -0.25) is 9.78 Å². The number of carbonyl (C=O) groups excluding carboxylic acids is 1. The highest BCUT2D eigenvalue weighted by atomic mass is 35.5. The number of amides is 1. The molecule has 144 valence electrons. The minimum absolute atomic E-state index is 0.155. The molecule has 2 aromatic heterocycles. The molecule has 1 fully saturated rings. The van der Waals surface area contributed by atoms with E-state index in [1.54, 1.807) is 24.7 Å². The second kappa shape index (κ2) is 8.39. The number of carbonyl (C=O) groups is 1. The lowest BCUT2D eigenvalue weighted by Crippen LogP contribution is -2.49. The number of rotatable bonds is 5. The average molecular weight is 397 g/mol. The number of fused-ring (bicyclic) bond motifs is 1. The van der Waals surface area contributed by atoms with Crippen molar-refractivity contribution < 1.29 is 4.79 Å². The largest absolute Gasteiger partial charge is 0.384 e. The van der Waals surface area contributed by atoms with Crippen LogP contribution in [0.25, 0.3) is 10.9 Å². The Morgan fingerprint density at radius 1 is 1.04 bits per heavy atom. The molecular formula is C20H21ClN6O. The van der Waals surface area contributed by atoms with Gasteiger partial charge in [0.05, 0.1) is 5.52 Å². The third kappa shape index (κ3) is 4.14. The van der Waals surface area contributed by atoms with Crippen LogP contribution in [0.2, 0.25) is 5.02 Å². The molecule has 1 aromatic carbocycles. The van der Waals surface area contributed by atoms with Gasteiger partial charge in [0.1, 0.15) is 0 Å². The molecule has 4 rings (SSSR count). The second-order valence-electron chi connectivity index (χ2n) is 6.61. The molecule has 0 atom stereocenters. The summed E-state index contributed by atoms with van der Waals surface area (Å²) in [5, 5.41) is 5.01. The van der Waals surface area contributed by atoms with E-state index < -0.39 is 0 Å². The number of nitrogens with one attached hydrogen (secondary N) is 1. The van der Waals surface area contributed by atoms with Gasteiger partial charge in [-0.1, -0.05) is 11.6 Å². The summed E-state index contributed by atoms with van der Waals surface area (Å²) in [6.45, 7) is 3.45. The first-order valence-corrected chi connectivity index (χ1v) is 9.66. The number of benzene rings is 1. The van der Waals surface area contributed by atoms with Crippen LogP contribution in [0, 0.1) is 0 Å². The first-order valence-electron chi connectivity index (χ1n) is 9.28. The van der Waals surface area contributed by atoms with Gasteiger partial charge in [0.2, 0.25) is 11.9 Å². The molecule has 0 radical (unpaired) electrons. The van der Waals surface area contributed by atoms with Crippen molar-refractivity contribution in [3.8, 4) is 0 Å². The maximum absolute atomic E-state index is 12.5. The summed E-state index contributed by atoms with van der Waals surface area (Å²) >= 11 is 6.03. The standard InChI is InChI=1S/C20H21ClN6O/c21-15-2-3-16-17(4-8-23-18(16)14-15)22-9-5-19(28)26-10-12-27(13-11-26)20-24-6-1-7-25-20/h1-4,6-8,14H,5,9-13H2,(H,22,23). The first kappa shape index (κ1) is 18.4. The predicted molar refractivity (Wildman–Crippen MR) is 111 cm³/mol. The lowest BCUT2D eigenvalue weighted by Gasteiger charge is -2.34. The van der Waals surface area contributed by atoms with Crippen LogP contribution < -0.4 is 10.2 Å². The Morgan fingerprint density at radius 3 is 2.61 bits per heavy atom. The van der Waals surface area contributed by atoms with Crippen molar-refractivity contribution in [2.45, 2.75) is 6.42 Å². The van der Waals surface area contributed by atoms with Crippen molar-refractivity contribution in [3.63, 3.8) is 0 Å². The highest BCUT2D eigenvalue weighted by molar-refractivity contribution is 6.31. The summed E-state index contributed by atoms with van der Waals surface area (Å²) in [5.74, 6) is 0.878. The molecule has 1 N–H and O–H groups in total. The number of halogens is 1. The molecule has 3 aromatic rings. The fourth-order valence-electron chi connectivity index (χ4n) is 3.35. The van der Waals surface area contributed by atoms with Crippen molar-refractivity contribution in [2.24, 2.45) is 0 Å². The maximum atomic E-state index is 12.5. The fourth-order valence-corrected chi connectivity index (χ4v) is 3.51. The minimum Gasteiger partial charge on any atom is -0.384 e. The third-order valence-electron chi connectivity index (χ3n) is 4.83. The number of pyridine rings is 1. The summed E-state index contributed by atoms with van der Waals surface area (Å²) in [6.07, 6.45) is 5.66. The molecule has 0 spiro atoms. The van der Waals surface area contributed by atoms with Crippen LogP contribution in [0.4, 0.5) is 11.6 Å². The van der Waals surface area contributed by atoms with E-state index in [0.717, 1.165) is 35.6 Å². The lowest BCUT2D eigenvalue weighted by atomic mass is 10.2. The van der Waals surface area contributed by atoms with E-state index in [4.69, 9.17) is 11.6 Å². The zero-order chi connectivity index (χ0) is 19.3. The number of aromatic nitrogens is 3. The van der Waals surface area contributed by atoms with E-state index in [1.807, 2.05) is 29.2 Å². The SMILES string of the molecule is O=C(CCNc1ccnc2cc(Cl)ccc12)N1CCN(c2ncccn2)CC1. The van der Waals surface area contributed by atoms with Gasteiger partial charge in [-0.15, -0.1) is 0 Å². The van der Waals surface area contributed by atoms with E-state index in [9.17, 15) is 4.79 Å². The molecule has 0 bridgehead atoms. The number of hydrogen-bond acceptors (Lipinski definition) is 6. The van der Waals surface area contributed by atoms with Gasteiger partial charge in [0, 0.05) is 73.8 Å². The van der Waals surface area contributed by atoms with Gasteiger partial charge < -0.3 is 15.1 Å². The molecule has 3 heterocycles. The van der Waals surface area contributed by atoms with Crippen LogP contribution in [0.15, 0.2) is 48.9 Å². The number of piperazine rings is 1. The van der Waals surface area contributed by atoms with E-state index in [-0.39, 0.29) is 5.91 Å². The Morgan fingerprint density at radius 2 is 1.82 bits per heavy atom. The fraction of sp³-hybridized carbons (Fsp3) is 0.300. The zero-order valence-corrected chi connectivity index (χ0v) is 16.1. The topological polar surface area (TPSA) is 74.2 Å². The number of anilines is 2. The summed E-state index contributed by atoms with van der Waals surface area (Å²) in [5.41, 5.74) is 1.79. The van der Waals surface area contributed by atoms with E-state index in [2.05, 4.69) is 25.2 Å². The van der Waals surface area contributed by atoms with Crippen LogP contribution in [0.5, 0.6) is 0 Å². The molecule has 1 aliphatic heterocycles. The predicted octanol–water partition coefficient (Wildman–Crippen LogP) is 2.83. The van der Waals surface area contributed by atoms with Crippen LogP contribution in [-0.2, 0) is 4.79 Å². The van der Waals surface area contributed by atoms with Crippen molar-refractivity contribution >= 4 is 40.0 Å². The van der Waals surface area contributed by atoms with E-state index in [1.165, 1.54) is 0 Å². The lowest BCUT2D eigenvalue weighted by molar-refractivity contribution is -0.131. The summed E-state index contributed by atoms with van der Waals surface area (Å²) in [6, 6.07) is 9.34. The zero-order valence-electron chi connectivity index (χ0n) is 15.4. The van der Waals surface area contributed by atoms with Crippen LogP contribution >= 0.6 is 11.6 Å². The summed E-state index contributed by atoms with van der Waals surface area (Å²) < 4.78 is 0. The Balaban J connectivity index is 1.29. The highest BCUT2D eigenvalue weighted by Gasteiger charge is 2.22. The maximum Gasteiger partial charge on any atom is 0.225 e. The molecular weight excluding hydrogens is 376 g/mol. The second-order valence-corrected chi connectivity index (χ2v) is 7.05. The molecule has 0 aliphatic carbocycles. The Hall–Kier alpha value is -2.93. The third-order valence-corrected chi connectivity index (χ3v) is 5.06. The van der Waals surface area contributed by atoms with Crippen LogP contribution in [0.1, 0.15) is 6.42 Å². The smallest absolute Gasteiger partial charge is 0.225 e. The molecule has 0 saturated carbocycles. The molecule has 8 heteroatoms. The molecule has 1 amide bonds. The molecule has 7 nitrogen and oxygen atoms in total. The van der Waals surface area contributed by atoms with Crippen molar-refractivity contribution in [1.29, 1.82) is 0 Å². The summed E-state index contributed by atoms with van der Waals surface area (Å²) in [7, 11) is 0. The number of hydrogen-bond donors (Lipinski definition) is 1. The molecule has 0 unspecified atom stereocenters. The average Bonchev–Trinajstić information content (AvgIpc) is 2.74. The van der Waals surface area contributed by atoms with Gasteiger partial charge >= 0.3 is 0 Å². The Bertz CT molecular complexity index is 959. The van der Waals surface area contributed by atoms with E-state index >= 15 is 0 Å². The van der Waals surface area contributed by atoms with Crippen LogP contribution in [0.3, 0.4) is 0 Å². The number of nitrogens with zero attached hydrogens (tertiary/aromatic N) is 5. The molecule has 28 heavy (non-hydrogen) atoms. The first-order chi connectivity index (χ1) is 13.7. The van der Waals surface area contributed by atoms with Gasteiger partial charge in [0.25, 0.3) is 0 Å². The normalized spacial score (nSPS) is 14.3. The molecule has 1 saturated heterocycles. The monoisotopic (exact) mass is 396 g/mol. The van der Waals surface area contributed by atoms with Gasteiger partial charge in [0.15, 0.2) is 0 Å². The quantitative estimate of drug-likeness (QED) is 0.714. The van der Waals surface area contributed by atoms with Crippen molar-refractivity contribution in [1.82, 2.24) is 19.9 Å². The van der Waals surface area contributed by atoms with E-state index in [0.29, 0.717) is 31.1 Å². The van der Waals surface area contributed by atoms with Crippen molar-refractivity contribution in [2.75, 3.05) is 42.9 Å². The Kier molecular flexibility index (Phi) is 5.53. The van der Waals surface area contributed by atoms with Crippen molar-refractivity contribution in [3.05, 3.63) is 53.9 Å². The van der Waals surface area contributed by atoms with Gasteiger partial charge in [-0.2, -0.15) is 0 Å². The van der Waals surface area contributed by atoms with Gasteiger partial charge in [-0.05, 0) is 30.3 Å². The highest BCUT2D eigenvalue weighted by Crippen LogP contribution is 2.24. The minimum atomic E-state index is 0.155.